The van der Waals surface area contributed by atoms with E-state index in [1.807, 2.05) is 17.5 Å². The Labute approximate surface area is 103 Å². The van der Waals surface area contributed by atoms with E-state index in [9.17, 15) is 4.79 Å². The molecule has 0 aromatic carbocycles. The molecule has 90 valence electrons. The van der Waals surface area contributed by atoms with Gasteiger partial charge in [0.2, 0.25) is 0 Å². The Morgan fingerprint density at radius 2 is 2.41 bits per heavy atom. The zero-order valence-corrected chi connectivity index (χ0v) is 10.4. The van der Waals surface area contributed by atoms with Gasteiger partial charge in [0.05, 0.1) is 12.0 Å². The van der Waals surface area contributed by atoms with Gasteiger partial charge in [-0.15, -0.1) is 11.3 Å². The number of esters is 1. The summed E-state index contributed by atoms with van der Waals surface area (Å²) in [5, 5.41) is 6.29. The fourth-order valence-corrected chi connectivity index (χ4v) is 2.22. The van der Waals surface area contributed by atoms with E-state index in [1.54, 1.807) is 24.3 Å². The van der Waals surface area contributed by atoms with Crippen molar-refractivity contribution in [2.45, 2.75) is 13.0 Å². The maximum Gasteiger partial charge on any atom is 0.330 e. The summed E-state index contributed by atoms with van der Waals surface area (Å²) in [6.45, 7) is 1.70. The first-order valence-electron chi connectivity index (χ1n) is 5.10. The standard InChI is InChI=1S/C11H13N3O2S/c1-7(11(15)16-2)14-10(12)6-8(13-14)9-4-3-5-17-9/h3-7H,12H2,1-2H3/t7-/m0/s1. The number of anilines is 1. The van der Waals surface area contributed by atoms with Crippen LogP contribution in [0.1, 0.15) is 13.0 Å². The molecule has 0 amide bonds. The molecule has 0 fully saturated rings. The van der Waals surface area contributed by atoms with E-state index < -0.39 is 6.04 Å². The molecule has 1 atom stereocenters. The molecule has 0 saturated carbocycles. The molecule has 2 N–H and O–H groups in total. The molecule has 2 aromatic rings. The van der Waals surface area contributed by atoms with Crippen molar-refractivity contribution in [3.8, 4) is 10.6 Å². The second-order valence-corrected chi connectivity index (χ2v) is 4.52. The van der Waals surface area contributed by atoms with Gasteiger partial charge in [0.25, 0.3) is 0 Å². The second kappa shape index (κ2) is 4.58. The lowest BCUT2D eigenvalue weighted by molar-refractivity contribution is -0.144. The van der Waals surface area contributed by atoms with E-state index >= 15 is 0 Å². The summed E-state index contributed by atoms with van der Waals surface area (Å²) in [6.07, 6.45) is 0. The molecule has 6 heteroatoms. The van der Waals surface area contributed by atoms with Crippen molar-refractivity contribution in [2.24, 2.45) is 0 Å². The fourth-order valence-electron chi connectivity index (χ4n) is 1.53. The van der Waals surface area contributed by atoms with Crippen LogP contribution in [0, 0.1) is 0 Å². The van der Waals surface area contributed by atoms with Crippen LogP contribution in [-0.4, -0.2) is 22.9 Å². The molecule has 0 saturated heterocycles. The largest absolute Gasteiger partial charge is 0.467 e. The van der Waals surface area contributed by atoms with Crippen molar-refractivity contribution < 1.29 is 9.53 Å². The Bertz CT molecular complexity index is 519. The molecule has 0 aliphatic rings. The second-order valence-electron chi connectivity index (χ2n) is 3.58. The number of aromatic nitrogens is 2. The smallest absolute Gasteiger partial charge is 0.330 e. The lowest BCUT2D eigenvalue weighted by atomic mass is 10.3. The lowest BCUT2D eigenvalue weighted by Crippen LogP contribution is -2.20. The quantitative estimate of drug-likeness (QED) is 0.846. The molecule has 0 aliphatic carbocycles. The first-order chi connectivity index (χ1) is 8.13. The highest BCUT2D eigenvalue weighted by Crippen LogP contribution is 2.26. The molecule has 0 unspecified atom stereocenters. The fraction of sp³-hybridized carbons (Fsp3) is 0.273. The van der Waals surface area contributed by atoms with Gasteiger partial charge in [0, 0.05) is 6.07 Å². The normalized spacial score (nSPS) is 12.4. The summed E-state index contributed by atoms with van der Waals surface area (Å²) in [5.41, 5.74) is 6.61. The number of nitrogen functional groups attached to an aromatic ring is 1. The van der Waals surface area contributed by atoms with Crippen molar-refractivity contribution >= 4 is 23.1 Å². The summed E-state index contributed by atoms with van der Waals surface area (Å²) in [5.74, 6) is 0.0869. The Hall–Kier alpha value is -1.82. The van der Waals surface area contributed by atoms with Gasteiger partial charge in [-0.05, 0) is 18.4 Å². The lowest BCUT2D eigenvalue weighted by Gasteiger charge is -2.10. The third kappa shape index (κ3) is 2.16. The van der Waals surface area contributed by atoms with Crippen molar-refractivity contribution in [1.29, 1.82) is 0 Å². The van der Waals surface area contributed by atoms with Crippen molar-refractivity contribution in [2.75, 3.05) is 12.8 Å². The zero-order valence-electron chi connectivity index (χ0n) is 9.58. The molecule has 2 heterocycles. The molecular formula is C11H13N3O2S. The van der Waals surface area contributed by atoms with Crippen LogP contribution in [0.3, 0.4) is 0 Å². The molecule has 2 rings (SSSR count). The van der Waals surface area contributed by atoms with Crippen molar-refractivity contribution in [3.05, 3.63) is 23.6 Å². The number of nitrogens with two attached hydrogens (primary N) is 1. The third-order valence-corrected chi connectivity index (χ3v) is 3.34. The number of hydrogen-bond donors (Lipinski definition) is 1. The Kier molecular flexibility index (Phi) is 3.14. The molecular weight excluding hydrogens is 238 g/mol. The highest BCUT2D eigenvalue weighted by Gasteiger charge is 2.19. The zero-order chi connectivity index (χ0) is 12.4. The number of ether oxygens (including phenoxy) is 1. The number of carbonyl (C=O) groups is 1. The van der Waals surface area contributed by atoms with E-state index in [0.29, 0.717) is 5.82 Å². The van der Waals surface area contributed by atoms with Gasteiger partial charge in [0.1, 0.15) is 17.6 Å². The molecule has 0 radical (unpaired) electrons. The van der Waals surface area contributed by atoms with Crippen LogP contribution in [0.15, 0.2) is 23.6 Å². The van der Waals surface area contributed by atoms with Crippen LogP contribution in [0.2, 0.25) is 0 Å². The van der Waals surface area contributed by atoms with E-state index in [4.69, 9.17) is 5.73 Å². The molecule has 0 aliphatic heterocycles. The maximum atomic E-state index is 11.4. The maximum absolute atomic E-state index is 11.4. The van der Waals surface area contributed by atoms with Gasteiger partial charge in [-0.2, -0.15) is 5.10 Å². The van der Waals surface area contributed by atoms with Crippen LogP contribution in [0.25, 0.3) is 10.6 Å². The predicted molar refractivity (Wildman–Crippen MR) is 66.7 cm³/mol. The highest BCUT2D eigenvalue weighted by molar-refractivity contribution is 7.13. The minimum absolute atomic E-state index is 0.363. The van der Waals surface area contributed by atoms with E-state index in [0.717, 1.165) is 10.6 Å². The van der Waals surface area contributed by atoms with E-state index in [-0.39, 0.29) is 5.97 Å². The SMILES string of the molecule is COC(=O)[C@H](C)n1nc(-c2cccs2)cc1N. The van der Waals surface area contributed by atoms with E-state index in [2.05, 4.69) is 9.84 Å². The summed E-state index contributed by atoms with van der Waals surface area (Å²) >= 11 is 1.58. The van der Waals surface area contributed by atoms with Gasteiger partial charge in [0.15, 0.2) is 0 Å². The van der Waals surface area contributed by atoms with Gasteiger partial charge in [-0.3, -0.25) is 0 Å². The Morgan fingerprint density at radius 3 is 3.00 bits per heavy atom. The molecule has 2 aromatic heterocycles. The first kappa shape index (κ1) is 11.7. The average molecular weight is 251 g/mol. The van der Waals surface area contributed by atoms with Crippen LogP contribution in [0.5, 0.6) is 0 Å². The number of hydrogen-bond acceptors (Lipinski definition) is 5. The number of carbonyl (C=O) groups excluding carboxylic acids is 1. The van der Waals surface area contributed by atoms with Gasteiger partial charge in [-0.25, -0.2) is 9.48 Å². The van der Waals surface area contributed by atoms with Crippen molar-refractivity contribution in [3.63, 3.8) is 0 Å². The number of methoxy groups -OCH3 is 1. The molecule has 17 heavy (non-hydrogen) atoms. The van der Waals surface area contributed by atoms with E-state index in [1.165, 1.54) is 11.8 Å². The van der Waals surface area contributed by atoms with Crippen LogP contribution in [0.4, 0.5) is 5.82 Å². The van der Waals surface area contributed by atoms with Gasteiger partial charge >= 0.3 is 5.97 Å². The summed E-state index contributed by atoms with van der Waals surface area (Å²) < 4.78 is 6.14. The number of rotatable bonds is 3. The Balaban J connectivity index is 2.34. The minimum Gasteiger partial charge on any atom is -0.467 e. The highest BCUT2D eigenvalue weighted by atomic mass is 32.1. The molecule has 5 nitrogen and oxygen atoms in total. The number of nitrogens with zero attached hydrogens (tertiary/aromatic N) is 2. The molecule has 0 spiro atoms. The van der Waals surface area contributed by atoms with Crippen LogP contribution in [-0.2, 0) is 9.53 Å². The average Bonchev–Trinajstić information content (AvgIpc) is 2.95. The third-order valence-electron chi connectivity index (χ3n) is 2.45. The first-order valence-corrected chi connectivity index (χ1v) is 5.98. The van der Waals surface area contributed by atoms with Gasteiger partial charge in [-0.1, -0.05) is 6.07 Å². The van der Waals surface area contributed by atoms with Crippen LogP contribution < -0.4 is 5.73 Å². The summed E-state index contributed by atoms with van der Waals surface area (Å²) in [7, 11) is 1.35. The summed E-state index contributed by atoms with van der Waals surface area (Å²) in [6, 6.07) is 5.14. The Morgan fingerprint density at radius 1 is 1.65 bits per heavy atom. The van der Waals surface area contributed by atoms with Crippen molar-refractivity contribution in [1.82, 2.24) is 9.78 Å². The van der Waals surface area contributed by atoms with Crippen LogP contribution >= 0.6 is 11.3 Å². The minimum atomic E-state index is -0.520. The summed E-state index contributed by atoms with van der Waals surface area (Å²) in [4.78, 5) is 12.4. The topological polar surface area (TPSA) is 70.1 Å². The monoisotopic (exact) mass is 251 g/mol. The molecule has 0 bridgehead atoms. The predicted octanol–water partition coefficient (Wildman–Crippen LogP) is 1.93. The van der Waals surface area contributed by atoms with Gasteiger partial charge < -0.3 is 10.5 Å². The number of thiophene rings is 1.